The van der Waals surface area contributed by atoms with Crippen LogP contribution in [-0.4, -0.2) is 4.98 Å². The number of aryl methyl sites for hydroxylation is 1. The molecule has 78 valence electrons. The average molecular weight is 226 g/mol. The molecule has 0 spiro atoms. The molecule has 0 bridgehead atoms. The van der Waals surface area contributed by atoms with Crippen LogP contribution in [-0.2, 0) is 0 Å². The van der Waals surface area contributed by atoms with Gasteiger partial charge < -0.3 is 0 Å². The molecule has 3 heteroatoms. The fourth-order valence-corrected chi connectivity index (χ4v) is 2.04. The van der Waals surface area contributed by atoms with Gasteiger partial charge in [-0.2, -0.15) is 5.26 Å². The Bertz CT molecular complexity index is 509. The number of benzene rings is 1. The minimum atomic E-state index is 0.452. The van der Waals surface area contributed by atoms with Crippen molar-refractivity contribution in [1.29, 1.82) is 5.26 Å². The Morgan fingerprint density at radius 3 is 2.31 bits per heavy atom. The van der Waals surface area contributed by atoms with E-state index in [2.05, 4.69) is 36.2 Å². The molecule has 0 aliphatic rings. The van der Waals surface area contributed by atoms with Crippen molar-refractivity contribution in [3.8, 4) is 6.07 Å². The molecule has 0 unspecified atom stereocenters. The molecular formula is C13H10N2S. The maximum Gasteiger partial charge on any atom is 0.140 e. The van der Waals surface area contributed by atoms with Gasteiger partial charge in [-0.15, -0.1) is 0 Å². The molecule has 0 radical (unpaired) electrons. The highest BCUT2D eigenvalue weighted by Gasteiger charge is 1.98. The number of hydrogen-bond donors (Lipinski definition) is 0. The Kier molecular flexibility index (Phi) is 3.23. The van der Waals surface area contributed by atoms with E-state index in [4.69, 9.17) is 5.26 Å². The number of hydrogen-bond acceptors (Lipinski definition) is 3. The topological polar surface area (TPSA) is 36.7 Å². The first kappa shape index (κ1) is 10.7. The first-order valence-electron chi connectivity index (χ1n) is 4.88. The summed E-state index contributed by atoms with van der Waals surface area (Å²) >= 11 is 1.64. The van der Waals surface area contributed by atoms with E-state index >= 15 is 0 Å². The minimum absolute atomic E-state index is 0.452. The molecule has 2 aromatic rings. The van der Waals surface area contributed by atoms with Gasteiger partial charge in [0.1, 0.15) is 11.8 Å². The fourth-order valence-electron chi connectivity index (χ4n) is 1.25. The van der Waals surface area contributed by atoms with Crippen molar-refractivity contribution in [1.82, 2.24) is 4.98 Å². The molecule has 1 aromatic carbocycles. The van der Waals surface area contributed by atoms with E-state index in [1.165, 1.54) is 10.5 Å². The first-order chi connectivity index (χ1) is 7.78. The van der Waals surface area contributed by atoms with Gasteiger partial charge in [-0.25, -0.2) is 4.98 Å². The van der Waals surface area contributed by atoms with Gasteiger partial charge in [0.15, 0.2) is 0 Å². The summed E-state index contributed by atoms with van der Waals surface area (Å²) in [5.41, 5.74) is 1.70. The summed E-state index contributed by atoms with van der Waals surface area (Å²) in [6.07, 6.45) is 1.73. The summed E-state index contributed by atoms with van der Waals surface area (Å²) in [7, 11) is 0. The van der Waals surface area contributed by atoms with Crippen molar-refractivity contribution in [3.05, 3.63) is 53.9 Å². The third-order valence-corrected chi connectivity index (χ3v) is 3.09. The Balaban J connectivity index is 2.15. The largest absolute Gasteiger partial charge is 0.244 e. The Labute approximate surface area is 99.0 Å². The highest BCUT2D eigenvalue weighted by atomic mass is 32.2. The fraction of sp³-hybridized carbons (Fsp3) is 0.0769. The maximum absolute atomic E-state index is 8.63. The summed E-state index contributed by atoms with van der Waals surface area (Å²) in [5.74, 6) is 0. The second-order valence-electron chi connectivity index (χ2n) is 3.41. The monoisotopic (exact) mass is 226 g/mol. The van der Waals surface area contributed by atoms with Gasteiger partial charge in [0.25, 0.3) is 0 Å². The summed E-state index contributed by atoms with van der Waals surface area (Å²) in [6, 6.07) is 14.0. The van der Waals surface area contributed by atoms with E-state index < -0.39 is 0 Å². The van der Waals surface area contributed by atoms with Gasteiger partial charge in [-0.05, 0) is 31.2 Å². The normalized spacial score (nSPS) is 9.75. The molecule has 16 heavy (non-hydrogen) atoms. The average Bonchev–Trinajstić information content (AvgIpc) is 2.33. The van der Waals surface area contributed by atoms with Crippen LogP contribution in [0.3, 0.4) is 0 Å². The van der Waals surface area contributed by atoms with Crippen LogP contribution in [0, 0.1) is 18.3 Å². The quantitative estimate of drug-likeness (QED) is 0.787. The number of pyridine rings is 1. The van der Waals surface area contributed by atoms with Crippen molar-refractivity contribution in [2.75, 3.05) is 0 Å². The maximum atomic E-state index is 8.63. The number of aromatic nitrogens is 1. The molecule has 0 amide bonds. The van der Waals surface area contributed by atoms with Crippen molar-refractivity contribution in [3.63, 3.8) is 0 Å². The predicted octanol–water partition coefficient (Wildman–Crippen LogP) is 3.41. The lowest BCUT2D eigenvalue weighted by Crippen LogP contribution is -1.81. The third-order valence-electron chi connectivity index (χ3n) is 2.11. The molecule has 0 saturated carbocycles. The van der Waals surface area contributed by atoms with Crippen molar-refractivity contribution in [2.45, 2.75) is 16.7 Å². The molecule has 0 N–H and O–H groups in total. The van der Waals surface area contributed by atoms with Gasteiger partial charge >= 0.3 is 0 Å². The molecule has 0 saturated heterocycles. The molecule has 1 heterocycles. The summed E-state index contributed by atoms with van der Waals surface area (Å²) < 4.78 is 0. The van der Waals surface area contributed by atoms with Crippen molar-refractivity contribution in [2.24, 2.45) is 0 Å². The van der Waals surface area contributed by atoms with Crippen molar-refractivity contribution >= 4 is 11.8 Å². The van der Waals surface area contributed by atoms with Crippen LogP contribution in [0.5, 0.6) is 0 Å². The van der Waals surface area contributed by atoms with Gasteiger partial charge in [-0.1, -0.05) is 29.5 Å². The highest BCUT2D eigenvalue weighted by Crippen LogP contribution is 2.26. The number of rotatable bonds is 2. The predicted molar refractivity (Wildman–Crippen MR) is 64.3 cm³/mol. The molecule has 0 aliphatic heterocycles. The lowest BCUT2D eigenvalue weighted by atomic mass is 10.2. The Hall–Kier alpha value is -1.79. The van der Waals surface area contributed by atoms with Gasteiger partial charge in [0.2, 0.25) is 0 Å². The van der Waals surface area contributed by atoms with Gasteiger partial charge in [0.05, 0.1) is 0 Å². The van der Waals surface area contributed by atoms with E-state index in [9.17, 15) is 0 Å². The summed E-state index contributed by atoms with van der Waals surface area (Å²) in [6.45, 7) is 2.07. The zero-order valence-corrected chi connectivity index (χ0v) is 9.66. The van der Waals surface area contributed by atoms with E-state index in [1.807, 2.05) is 12.1 Å². The molecule has 0 fully saturated rings. The SMILES string of the molecule is Cc1ccc(Sc2ccc(C#N)nc2)cc1. The van der Waals surface area contributed by atoms with E-state index in [1.54, 1.807) is 24.0 Å². The summed E-state index contributed by atoms with van der Waals surface area (Å²) in [5, 5.41) is 8.63. The number of nitrogens with zero attached hydrogens (tertiary/aromatic N) is 2. The highest BCUT2D eigenvalue weighted by molar-refractivity contribution is 7.99. The van der Waals surface area contributed by atoms with Gasteiger partial charge in [-0.3, -0.25) is 0 Å². The summed E-state index contributed by atoms with van der Waals surface area (Å²) in [4.78, 5) is 6.25. The molecule has 2 nitrogen and oxygen atoms in total. The van der Waals surface area contributed by atoms with Crippen LogP contribution in [0.4, 0.5) is 0 Å². The smallest absolute Gasteiger partial charge is 0.140 e. The van der Waals surface area contributed by atoms with Crippen LogP contribution in [0.2, 0.25) is 0 Å². The zero-order valence-electron chi connectivity index (χ0n) is 8.84. The Morgan fingerprint density at radius 2 is 1.75 bits per heavy atom. The zero-order chi connectivity index (χ0) is 11.4. The second-order valence-corrected chi connectivity index (χ2v) is 4.55. The molecule has 0 atom stereocenters. The second kappa shape index (κ2) is 4.82. The van der Waals surface area contributed by atoms with E-state index in [0.29, 0.717) is 5.69 Å². The van der Waals surface area contributed by atoms with Crippen LogP contribution < -0.4 is 0 Å². The van der Waals surface area contributed by atoms with E-state index in [0.717, 1.165) is 4.90 Å². The van der Waals surface area contributed by atoms with Crippen molar-refractivity contribution < 1.29 is 0 Å². The lowest BCUT2D eigenvalue weighted by Gasteiger charge is -2.01. The standard InChI is InChI=1S/C13H10N2S/c1-10-2-5-12(6-3-10)16-13-7-4-11(8-14)15-9-13/h2-7,9H,1H3. The van der Waals surface area contributed by atoms with E-state index in [-0.39, 0.29) is 0 Å². The van der Waals surface area contributed by atoms with Crippen LogP contribution in [0.1, 0.15) is 11.3 Å². The first-order valence-corrected chi connectivity index (χ1v) is 5.70. The molecule has 2 rings (SSSR count). The Morgan fingerprint density at radius 1 is 1.06 bits per heavy atom. The molecule has 0 aliphatic carbocycles. The van der Waals surface area contributed by atoms with Crippen LogP contribution >= 0.6 is 11.8 Å². The third kappa shape index (κ3) is 2.62. The van der Waals surface area contributed by atoms with Crippen LogP contribution in [0.25, 0.3) is 0 Å². The van der Waals surface area contributed by atoms with Crippen LogP contribution in [0.15, 0.2) is 52.4 Å². The molecular weight excluding hydrogens is 216 g/mol. The molecule has 1 aromatic heterocycles. The number of nitriles is 1. The minimum Gasteiger partial charge on any atom is -0.244 e. The van der Waals surface area contributed by atoms with Gasteiger partial charge in [0, 0.05) is 16.0 Å². The lowest BCUT2D eigenvalue weighted by molar-refractivity contribution is 1.19.